The molecule has 3 rings (SSSR count). The zero-order chi connectivity index (χ0) is 15.0. The number of rotatable bonds is 3. The lowest BCUT2D eigenvalue weighted by molar-refractivity contribution is 0.103. The highest BCUT2D eigenvalue weighted by molar-refractivity contribution is 6.10. The van der Waals surface area contributed by atoms with Crippen molar-refractivity contribution in [2.45, 2.75) is 20.4 Å². The zero-order valence-electron chi connectivity index (χ0n) is 11.9. The van der Waals surface area contributed by atoms with Crippen LogP contribution in [0.4, 0.5) is 0 Å². The molecule has 1 heterocycles. The van der Waals surface area contributed by atoms with Gasteiger partial charge in [-0.2, -0.15) is 0 Å². The molecule has 2 aromatic carbocycles. The fraction of sp³-hybridized carbons (Fsp3) is 0.176. The monoisotopic (exact) mass is 281 g/mol. The predicted molar refractivity (Wildman–Crippen MR) is 80.8 cm³/mol. The van der Waals surface area contributed by atoms with Crippen LogP contribution in [0.25, 0.3) is 11.1 Å². The average molecular weight is 281 g/mol. The molecule has 0 saturated heterocycles. The third kappa shape index (κ3) is 2.29. The number of hydrogen-bond acceptors (Lipinski definition) is 3. The van der Waals surface area contributed by atoms with Crippen LogP contribution >= 0.6 is 0 Å². The summed E-state index contributed by atoms with van der Waals surface area (Å²) in [6, 6.07) is 12.6. The molecule has 0 aliphatic rings. The van der Waals surface area contributed by atoms with Gasteiger partial charge in [0, 0.05) is 17.7 Å². The third-order valence-electron chi connectivity index (χ3n) is 3.53. The lowest BCUT2D eigenvalue weighted by Gasteiger charge is -2.03. The van der Waals surface area contributed by atoms with Crippen LogP contribution in [0.1, 0.15) is 28.4 Å². The normalized spacial score (nSPS) is 11.0. The number of benzene rings is 2. The fourth-order valence-corrected chi connectivity index (χ4v) is 2.46. The SMILES string of the molecule is CCn1c(=O)oc2cc(C(=O)c3cccc(C)c3)ccc21. The Morgan fingerprint density at radius 1 is 1.14 bits per heavy atom. The number of carbonyl (C=O) groups is 1. The molecule has 4 nitrogen and oxygen atoms in total. The topological polar surface area (TPSA) is 52.2 Å². The van der Waals surface area contributed by atoms with E-state index >= 15 is 0 Å². The number of hydrogen-bond donors (Lipinski definition) is 0. The van der Waals surface area contributed by atoms with Gasteiger partial charge in [-0.1, -0.05) is 23.8 Å². The van der Waals surface area contributed by atoms with E-state index in [2.05, 4.69) is 0 Å². The van der Waals surface area contributed by atoms with E-state index < -0.39 is 5.76 Å². The molecular weight excluding hydrogens is 266 g/mol. The number of aromatic nitrogens is 1. The van der Waals surface area contributed by atoms with E-state index in [0.717, 1.165) is 5.56 Å². The van der Waals surface area contributed by atoms with Gasteiger partial charge in [0.2, 0.25) is 0 Å². The van der Waals surface area contributed by atoms with Crippen molar-refractivity contribution in [1.29, 1.82) is 0 Å². The molecule has 3 aromatic rings. The van der Waals surface area contributed by atoms with E-state index in [1.165, 1.54) is 4.57 Å². The van der Waals surface area contributed by atoms with Crippen LogP contribution in [-0.4, -0.2) is 10.4 Å². The maximum absolute atomic E-state index is 12.5. The van der Waals surface area contributed by atoms with Gasteiger partial charge >= 0.3 is 5.76 Å². The van der Waals surface area contributed by atoms with E-state index in [9.17, 15) is 9.59 Å². The van der Waals surface area contributed by atoms with Crippen molar-refractivity contribution in [2.24, 2.45) is 0 Å². The number of oxazole rings is 1. The quantitative estimate of drug-likeness (QED) is 0.693. The molecule has 0 radical (unpaired) electrons. The lowest BCUT2D eigenvalue weighted by atomic mass is 10.0. The second-order valence-electron chi connectivity index (χ2n) is 4.99. The second kappa shape index (κ2) is 5.05. The number of carbonyl (C=O) groups excluding carboxylic acids is 1. The van der Waals surface area contributed by atoms with Gasteiger partial charge in [0.15, 0.2) is 11.4 Å². The molecule has 4 heteroatoms. The largest absolute Gasteiger partial charge is 0.419 e. The second-order valence-corrected chi connectivity index (χ2v) is 4.99. The first-order valence-corrected chi connectivity index (χ1v) is 6.85. The van der Waals surface area contributed by atoms with E-state index in [1.54, 1.807) is 24.3 Å². The van der Waals surface area contributed by atoms with Gasteiger partial charge in [0.05, 0.1) is 5.52 Å². The molecule has 0 amide bonds. The molecule has 1 aromatic heterocycles. The molecule has 0 unspecified atom stereocenters. The van der Waals surface area contributed by atoms with Crippen molar-refractivity contribution < 1.29 is 9.21 Å². The van der Waals surface area contributed by atoms with Crippen LogP contribution < -0.4 is 5.76 Å². The van der Waals surface area contributed by atoms with Crippen molar-refractivity contribution >= 4 is 16.9 Å². The van der Waals surface area contributed by atoms with Crippen LogP contribution in [-0.2, 0) is 6.54 Å². The molecule has 0 N–H and O–H groups in total. The van der Waals surface area contributed by atoms with Crippen LogP contribution in [0.15, 0.2) is 51.7 Å². The molecule has 0 atom stereocenters. The first kappa shape index (κ1) is 13.4. The van der Waals surface area contributed by atoms with E-state index in [1.807, 2.05) is 32.0 Å². The Kier molecular flexibility index (Phi) is 3.22. The minimum absolute atomic E-state index is 0.0764. The first-order valence-electron chi connectivity index (χ1n) is 6.85. The minimum Gasteiger partial charge on any atom is -0.408 e. The molecule has 106 valence electrons. The summed E-state index contributed by atoms with van der Waals surface area (Å²) in [5, 5.41) is 0. The van der Waals surface area contributed by atoms with Crippen molar-refractivity contribution in [3.8, 4) is 0 Å². The van der Waals surface area contributed by atoms with E-state index in [4.69, 9.17) is 4.42 Å². The Balaban J connectivity index is 2.09. The maximum atomic E-state index is 12.5. The summed E-state index contributed by atoms with van der Waals surface area (Å²) in [6.45, 7) is 4.36. The number of aryl methyl sites for hydroxylation is 2. The Morgan fingerprint density at radius 2 is 1.90 bits per heavy atom. The summed E-state index contributed by atoms with van der Waals surface area (Å²) in [5.41, 5.74) is 3.34. The number of ketones is 1. The molecule has 0 aliphatic carbocycles. The molecule has 0 aliphatic heterocycles. The Hall–Kier alpha value is -2.62. The summed E-state index contributed by atoms with van der Waals surface area (Å²) in [5.74, 6) is -0.472. The summed E-state index contributed by atoms with van der Waals surface area (Å²) in [7, 11) is 0. The first-order chi connectivity index (χ1) is 10.1. The third-order valence-corrected chi connectivity index (χ3v) is 3.53. The summed E-state index contributed by atoms with van der Waals surface area (Å²) in [4.78, 5) is 24.2. The van der Waals surface area contributed by atoms with Gasteiger partial charge in [-0.25, -0.2) is 4.79 Å². The smallest absolute Gasteiger partial charge is 0.408 e. The predicted octanol–water partition coefficient (Wildman–Crippen LogP) is 3.15. The van der Waals surface area contributed by atoms with Gasteiger partial charge < -0.3 is 4.42 Å². The molecule has 0 fully saturated rings. The lowest BCUT2D eigenvalue weighted by Crippen LogP contribution is -2.11. The van der Waals surface area contributed by atoms with Crippen LogP contribution in [0, 0.1) is 6.92 Å². The molecule has 0 bridgehead atoms. The van der Waals surface area contributed by atoms with Crippen LogP contribution in [0.3, 0.4) is 0 Å². The van der Waals surface area contributed by atoms with Crippen LogP contribution in [0.2, 0.25) is 0 Å². The minimum atomic E-state index is -0.396. The van der Waals surface area contributed by atoms with Crippen molar-refractivity contribution in [3.05, 3.63) is 69.7 Å². The summed E-state index contributed by atoms with van der Waals surface area (Å²) < 4.78 is 6.73. The van der Waals surface area contributed by atoms with E-state index in [-0.39, 0.29) is 5.78 Å². The van der Waals surface area contributed by atoms with Crippen molar-refractivity contribution in [1.82, 2.24) is 4.57 Å². The Morgan fingerprint density at radius 3 is 2.62 bits per heavy atom. The molecule has 0 spiro atoms. The van der Waals surface area contributed by atoms with Gasteiger partial charge in [0.1, 0.15) is 0 Å². The fourth-order valence-electron chi connectivity index (χ4n) is 2.46. The van der Waals surface area contributed by atoms with Gasteiger partial charge in [-0.3, -0.25) is 9.36 Å². The highest BCUT2D eigenvalue weighted by atomic mass is 16.4. The molecule has 21 heavy (non-hydrogen) atoms. The van der Waals surface area contributed by atoms with Gasteiger partial charge in [-0.05, 0) is 38.1 Å². The zero-order valence-corrected chi connectivity index (χ0v) is 11.9. The summed E-state index contributed by atoms with van der Waals surface area (Å²) >= 11 is 0. The molecule has 0 saturated carbocycles. The highest BCUT2D eigenvalue weighted by Crippen LogP contribution is 2.18. The number of nitrogens with zero attached hydrogens (tertiary/aromatic N) is 1. The van der Waals surface area contributed by atoms with Crippen molar-refractivity contribution in [3.63, 3.8) is 0 Å². The maximum Gasteiger partial charge on any atom is 0.419 e. The number of fused-ring (bicyclic) bond motifs is 1. The van der Waals surface area contributed by atoms with E-state index in [0.29, 0.717) is 28.8 Å². The van der Waals surface area contributed by atoms with Crippen molar-refractivity contribution in [2.75, 3.05) is 0 Å². The Labute approximate surface area is 121 Å². The van der Waals surface area contributed by atoms with Crippen LogP contribution in [0.5, 0.6) is 0 Å². The molecular formula is C17H15NO3. The Bertz CT molecular complexity index is 886. The average Bonchev–Trinajstić information content (AvgIpc) is 2.80. The van der Waals surface area contributed by atoms with Gasteiger partial charge in [0.25, 0.3) is 0 Å². The highest BCUT2D eigenvalue weighted by Gasteiger charge is 2.13. The summed E-state index contributed by atoms with van der Waals surface area (Å²) in [6.07, 6.45) is 0. The standard InChI is InChI=1S/C17H15NO3/c1-3-18-14-8-7-13(10-15(14)21-17(18)20)16(19)12-6-4-5-11(2)9-12/h4-10H,3H2,1-2H3. The van der Waals surface area contributed by atoms with Gasteiger partial charge in [-0.15, -0.1) is 0 Å².